The maximum atomic E-state index is 12.5. The van der Waals surface area contributed by atoms with Gasteiger partial charge in [-0.05, 0) is 11.5 Å². The Morgan fingerprint density at radius 1 is 1.36 bits per heavy atom. The summed E-state index contributed by atoms with van der Waals surface area (Å²) >= 11 is 1.14. The second kappa shape index (κ2) is 7.65. The first kappa shape index (κ1) is 18.9. The third kappa shape index (κ3) is 3.51. The summed E-state index contributed by atoms with van der Waals surface area (Å²) in [5, 5.41) is 12.7. The van der Waals surface area contributed by atoms with Crippen molar-refractivity contribution in [2.24, 2.45) is 0 Å². The Labute approximate surface area is 149 Å². The van der Waals surface area contributed by atoms with Crippen LogP contribution in [0.25, 0.3) is 10.2 Å². The third-order valence-electron chi connectivity index (χ3n) is 3.79. The predicted molar refractivity (Wildman–Crippen MR) is 97.4 cm³/mol. The highest BCUT2D eigenvalue weighted by Gasteiger charge is 2.24. The molecule has 2 rings (SSSR count). The molecule has 0 aliphatic carbocycles. The SMILES string of the molecule is COC(CNC(=O)c1sc2nc(N)c(C#N)c(C(C)C)c2c1N)OC. The van der Waals surface area contributed by atoms with Crippen molar-refractivity contribution >= 4 is 39.0 Å². The van der Waals surface area contributed by atoms with Gasteiger partial charge in [-0.2, -0.15) is 5.26 Å². The molecule has 0 spiro atoms. The molecule has 0 aliphatic rings. The molecule has 8 nitrogen and oxygen atoms in total. The van der Waals surface area contributed by atoms with Crippen LogP contribution in [0.1, 0.15) is 40.6 Å². The Morgan fingerprint density at radius 3 is 2.52 bits per heavy atom. The van der Waals surface area contributed by atoms with Crippen LogP contribution in [0.5, 0.6) is 0 Å². The Hall–Kier alpha value is -2.41. The number of nitrogens with one attached hydrogen (secondary N) is 1. The summed E-state index contributed by atoms with van der Waals surface area (Å²) in [5.41, 5.74) is 13.4. The number of nitrogen functional groups attached to an aromatic ring is 2. The molecule has 0 unspecified atom stereocenters. The van der Waals surface area contributed by atoms with Crippen LogP contribution in [0.3, 0.4) is 0 Å². The van der Waals surface area contributed by atoms with Gasteiger partial charge in [0, 0.05) is 19.6 Å². The van der Waals surface area contributed by atoms with Gasteiger partial charge >= 0.3 is 0 Å². The number of thiophene rings is 1. The molecule has 2 heterocycles. The number of hydrogen-bond acceptors (Lipinski definition) is 8. The van der Waals surface area contributed by atoms with Crippen molar-refractivity contribution < 1.29 is 14.3 Å². The smallest absolute Gasteiger partial charge is 0.263 e. The van der Waals surface area contributed by atoms with Gasteiger partial charge in [-0.1, -0.05) is 13.8 Å². The average molecular weight is 363 g/mol. The second-order valence-corrected chi connectivity index (χ2v) is 6.69. The number of fused-ring (bicyclic) bond motifs is 1. The minimum atomic E-state index is -0.551. The molecule has 0 fully saturated rings. The van der Waals surface area contributed by atoms with Crippen molar-refractivity contribution in [2.75, 3.05) is 32.2 Å². The minimum absolute atomic E-state index is 0.00150. The molecule has 9 heteroatoms. The molecule has 0 saturated carbocycles. The zero-order chi connectivity index (χ0) is 18.7. The largest absolute Gasteiger partial charge is 0.397 e. The molecule has 0 aromatic carbocycles. The molecule has 2 aromatic rings. The van der Waals surface area contributed by atoms with Crippen LogP contribution in [0.2, 0.25) is 0 Å². The number of nitriles is 1. The van der Waals surface area contributed by atoms with Crippen LogP contribution in [0.4, 0.5) is 11.5 Å². The summed E-state index contributed by atoms with van der Waals surface area (Å²) in [4.78, 5) is 17.6. The van der Waals surface area contributed by atoms with E-state index in [4.69, 9.17) is 20.9 Å². The number of rotatable bonds is 6. The van der Waals surface area contributed by atoms with Gasteiger partial charge in [0.25, 0.3) is 5.91 Å². The second-order valence-electron chi connectivity index (χ2n) is 5.69. The standard InChI is InChI=1S/C16H21N5O3S/c1-7(2)10-8(5-17)14(19)21-16-11(10)12(18)13(25-16)15(22)20-6-9(23-3)24-4/h7,9H,6,18H2,1-4H3,(H2,19,21)(H,20,22). The lowest BCUT2D eigenvalue weighted by atomic mass is 9.95. The lowest BCUT2D eigenvalue weighted by Crippen LogP contribution is -2.34. The fourth-order valence-corrected chi connectivity index (χ4v) is 3.62. The number of carbonyl (C=O) groups is 1. The van der Waals surface area contributed by atoms with Crippen LogP contribution in [0, 0.1) is 11.3 Å². The normalized spacial score (nSPS) is 11.2. The molecule has 0 saturated heterocycles. The van der Waals surface area contributed by atoms with E-state index in [9.17, 15) is 10.1 Å². The zero-order valence-corrected chi connectivity index (χ0v) is 15.4. The van der Waals surface area contributed by atoms with Crippen molar-refractivity contribution in [3.05, 3.63) is 16.0 Å². The molecule has 2 aromatic heterocycles. The van der Waals surface area contributed by atoms with Crippen molar-refractivity contribution in [3.8, 4) is 6.07 Å². The monoisotopic (exact) mass is 363 g/mol. The van der Waals surface area contributed by atoms with E-state index < -0.39 is 6.29 Å². The number of methoxy groups -OCH3 is 2. The molecular formula is C16H21N5O3S. The van der Waals surface area contributed by atoms with Crippen molar-refractivity contribution in [1.82, 2.24) is 10.3 Å². The lowest BCUT2D eigenvalue weighted by Gasteiger charge is -2.14. The Kier molecular flexibility index (Phi) is 5.79. The number of aromatic nitrogens is 1. The number of hydrogen-bond donors (Lipinski definition) is 3. The fraction of sp³-hybridized carbons (Fsp3) is 0.438. The van der Waals surface area contributed by atoms with Gasteiger partial charge in [0.2, 0.25) is 0 Å². The van der Waals surface area contributed by atoms with Gasteiger partial charge in [0.15, 0.2) is 6.29 Å². The molecule has 0 bridgehead atoms. The van der Waals surface area contributed by atoms with Gasteiger partial charge in [0.1, 0.15) is 21.6 Å². The molecule has 0 atom stereocenters. The molecule has 5 N–H and O–H groups in total. The van der Waals surface area contributed by atoms with Crippen LogP contribution in [-0.2, 0) is 9.47 Å². The van der Waals surface area contributed by atoms with Gasteiger partial charge in [-0.3, -0.25) is 4.79 Å². The summed E-state index contributed by atoms with van der Waals surface area (Å²) in [6.07, 6.45) is -0.551. The van der Waals surface area contributed by atoms with E-state index in [0.717, 1.165) is 11.3 Å². The first-order valence-corrected chi connectivity index (χ1v) is 8.42. The van der Waals surface area contributed by atoms with E-state index >= 15 is 0 Å². The van der Waals surface area contributed by atoms with Gasteiger partial charge in [0.05, 0.1) is 17.8 Å². The highest BCUT2D eigenvalue weighted by atomic mass is 32.1. The lowest BCUT2D eigenvalue weighted by molar-refractivity contribution is -0.0974. The van der Waals surface area contributed by atoms with Gasteiger partial charge in [-0.15, -0.1) is 11.3 Å². The topological polar surface area (TPSA) is 136 Å². The maximum absolute atomic E-state index is 12.5. The number of pyridine rings is 1. The molecule has 134 valence electrons. The quantitative estimate of drug-likeness (QED) is 0.666. The molecular weight excluding hydrogens is 342 g/mol. The van der Waals surface area contributed by atoms with E-state index in [1.165, 1.54) is 14.2 Å². The van der Waals surface area contributed by atoms with Crippen molar-refractivity contribution in [3.63, 3.8) is 0 Å². The van der Waals surface area contributed by atoms with Crippen LogP contribution in [-0.4, -0.2) is 37.9 Å². The molecule has 0 aliphatic heterocycles. The van der Waals surface area contributed by atoms with Crippen LogP contribution >= 0.6 is 11.3 Å². The summed E-state index contributed by atoms with van der Waals surface area (Å²) in [6, 6.07) is 2.09. The van der Waals surface area contributed by atoms with Crippen molar-refractivity contribution in [1.29, 1.82) is 5.26 Å². The first-order valence-electron chi connectivity index (χ1n) is 7.60. The predicted octanol–water partition coefficient (Wildman–Crippen LogP) is 1.80. The highest BCUT2D eigenvalue weighted by Crippen LogP contribution is 2.40. The summed E-state index contributed by atoms with van der Waals surface area (Å²) in [5.74, 6) is -0.209. The number of amides is 1. The molecule has 25 heavy (non-hydrogen) atoms. The Bertz CT molecular complexity index is 837. The van der Waals surface area contributed by atoms with E-state index in [1.807, 2.05) is 13.8 Å². The highest BCUT2D eigenvalue weighted by molar-refractivity contribution is 7.21. The van der Waals surface area contributed by atoms with E-state index in [-0.39, 0.29) is 24.2 Å². The molecule has 0 radical (unpaired) electrons. The number of nitrogens with zero attached hydrogens (tertiary/aromatic N) is 2. The van der Waals surface area contributed by atoms with E-state index in [0.29, 0.717) is 31.9 Å². The Morgan fingerprint density at radius 2 is 2.00 bits per heavy atom. The first-order chi connectivity index (χ1) is 11.8. The van der Waals surface area contributed by atoms with E-state index in [1.54, 1.807) is 0 Å². The summed E-state index contributed by atoms with van der Waals surface area (Å²) < 4.78 is 10.1. The molecule has 1 amide bonds. The van der Waals surface area contributed by atoms with Crippen LogP contribution < -0.4 is 16.8 Å². The summed E-state index contributed by atoms with van der Waals surface area (Å²) in [7, 11) is 2.97. The number of nitrogens with two attached hydrogens (primary N) is 2. The van der Waals surface area contributed by atoms with Gasteiger partial charge < -0.3 is 26.3 Å². The number of carbonyl (C=O) groups excluding carboxylic acids is 1. The summed E-state index contributed by atoms with van der Waals surface area (Å²) in [6.45, 7) is 4.05. The number of ether oxygens (including phenoxy) is 2. The van der Waals surface area contributed by atoms with Gasteiger partial charge in [-0.25, -0.2) is 4.98 Å². The fourth-order valence-electron chi connectivity index (χ4n) is 2.58. The minimum Gasteiger partial charge on any atom is -0.397 e. The Balaban J connectivity index is 2.51. The third-order valence-corrected chi connectivity index (χ3v) is 4.89. The average Bonchev–Trinajstić information content (AvgIpc) is 2.90. The van der Waals surface area contributed by atoms with E-state index in [2.05, 4.69) is 16.4 Å². The zero-order valence-electron chi connectivity index (χ0n) is 14.5. The van der Waals surface area contributed by atoms with Crippen LogP contribution in [0.15, 0.2) is 0 Å². The number of anilines is 2. The maximum Gasteiger partial charge on any atom is 0.263 e. The van der Waals surface area contributed by atoms with Crippen molar-refractivity contribution in [2.45, 2.75) is 26.1 Å².